The number of nitrogens with one attached hydrogen (secondary N) is 1. The van der Waals surface area contributed by atoms with Gasteiger partial charge in [-0.2, -0.15) is 0 Å². The maximum absolute atomic E-state index is 6.05. The van der Waals surface area contributed by atoms with E-state index in [1.165, 1.54) is 0 Å². The minimum atomic E-state index is 0.0606. The molecule has 0 spiro atoms. The topological polar surface area (TPSA) is 90.1 Å². The molecule has 0 aliphatic rings. The van der Waals surface area contributed by atoms with Crippen molar-refractivity contribution >= 4 is 0 Å². The Labute approximate surface area is 94.0 Å². The van der Waals surface area contributed by atoms with Crippen molar-refractivity contribution in [3.63, 3.8) is 0 Å². The van der Waals surface area contributed by atoms with Gasteiger partial charge in [-0.05, 0) is 32.2 Å². The second-order valence-electron chi connectivity index (χ2n) is 4.14. The lowest BCUT2D eigenvalue weighted by Crippen LogP contribution is -2.51. The Morgan fingerprint density at radius 1 is 1.07 bits per heavy atom. The van der Waals surface area contributed by atoms with E-state index in [-0.39, 0.29) is 12.2 Å². The summed E-state index contributed by atoms with van der Waals surface area (Å²) in [4.78, 5) is 0. The van der Waals surface area contributed by atoms with Crippen molar-refractivity contribution in [3.05, 3.63) is 0 Å². The highest BCUT2D eigenvalue weighted by atomic mass is 15.1. The lowest BCUT2D eigenvalue weighted by molar-refractivity contribution is 0.342. The maximum Gasteiger partial charge on any atom is 0.0546 e. The fourth-order valence-corrected chi connectivity index (χ4v) is 1.61. The average molecular weight is 216 g/mol. The van der Waals surface area contributed by atoms with Gasteiger partial charge in [0.25, 0.3) is 0 Å². The molecule has 0 amide bonds. The second kappa shape index (κ2) is 9.09. The van der Waals surface area contributed by atoms with Crippen LogP contribution in [0.25, 0.3) is 0 Å². The Bertz CT molecular complexity index is 141. The summed E-state index contributed by atoms with van der Waals surface area (Å²) in [7, 11) is 0. The summed E-state index contributed by atoms with van der Waals surface area (Å²) in [6, 6.07) is 0.525. The third kappa shape index (κ3) is 6.84. The van der Waals surface area contributed by atoms with Crippen LogP contribution < -0.4 is 22.5 Å². The molecule has 0 heterocycles. The van der Waals surface area contributed by atoms with Crippen LogP contribution in [0.4, 0.5) is 0 Å². The van der Waals surface area contributed by atoms with Crippen LogP contribution in [0.1, 0.15) is 46.0 Å². The largest absolute Gasteiger partial charge is 0.330 e. The summed E-state index contributed by atoms with van der Waals surface area (Å²) < 4.78 is 0. The Morgan fingerprint density at radius 3 is 2.20 bits per heavy atom. The Morgan fingerprint density at radius 2 is 1.73 bits per heavy atom. The van der Waals surface area contributed by atoms with Crippen molar-refractivity contribution in [1.82, 2.24) is 5.32 Å². The molecule has 0 aromatic carbocycles. The van der Waals surface area contributed by atoms with E-state index >= 15 is 0 Å². The summed E-state index contributed by atoms with van der Waals surface area (Å²) in [5, 5.41) is 3.39. The van der Waals surface area contributed by atoms with Crippen LogP contribution in [-0.4, -0.2) is 24.8 Å². The molecule has 0 radical (unpaired) electrons. The van der Waals surface area contributed by atoms with Crippen LogP contribution in [0.5, 0.6) is 0 Å². The highest BCUT2D eigenvalue weighted by Gasteiger charge is 2.17. The molecule has 0 aromatic heterocycles. The Kier molecular flexibility index (Phi) is 9.00. The smallest absolute Gasteiger partial charge is 0.0546 e. The molecule has 92 valence electrons. The van der Waals surface area contributed by atoms with E-state index in [1.807, 2.05) is 0 Å². The van der Waals surface area contributed by atoms with Crippen molar-refractivity contribution < 1.29 is 0 Å². The van der Waals surface area contributed by atoms with Crippen molar-refractivity contribution in [2.45, 2.75) is 64.2 Å². The summed E-state index contributed by atoms with van der Waals surface area (Å²) in [5.41, 5.74) is 17.4. The van der Waals surface area contributed by atoms with Gasteiger partial charge in [0.2, 0.25) is 0 Å². The molecule has 3 unspecified atom stereocenters. The Balaban J connectivity index is 3.94. The molecule has 0 saturated carbocycles. The third-order valence-corrected chi connectivity index (χ3v) is 2.83. The van der Waals surface area contributed by atoms with E-state index in [2.05, 4.69) is 19.2 Å². The van der Waals surface area contributed by atoms with Crippen molar-refractivity contribution in [1.29, 1.82) is 0 Å². The molecule has 15 heavy (non-hydrogen) atoms. The maximum atomic E-state index is 6.05. The van der Waals surface area contributed by atoms with E-state index < -0.39 is 0 Å². The van der Waals surface area contributed by atoms with Gasteiger partial charge < -0.3 is 17.2 Å². The minimum absolute atomic E-state index is 0.0606. The van der Waals surface area contributed by atoms with Gasteiger partial charge >= 0.3 is 0 Å². The van der Waals surface area contributed by atoms with E-state index in [1.54, 1.807) is 0 Å². The van der Waals surface area contributed by atoms with Crippen molar-refractivity contribution in [3.8, 4) is 0 Å². The normalized spacial score (nSPS) is 17.4. The molecule has 0 fully saturated rings. The highest BCUT2D eigenvalue weighted by molar-refractivity contribution is 4.80. The van der Waals surface area contributed by atoms with E-state index in [4.69, 9.17) is 17.2 Å². The molecule has 0 aliphatic carbocycles. The van der Waals surface area contributed by atoms with Crippen LogP contribution in [0.3, 0.4) is 0 Å². The Hall–Kier alpha value is -0.160. The molecular formula is C11H28N4. The zero-order valence-electron chi connectivity index (χ0n) is 10.2. The molecule has 4 heteroatoms. The first-order valence-corrected chi connectivity index (χ1v) is 6.12. The highest BCUT2D eigenvalue weighted by Crippen LogP contribution is 2.07. The van der Waals surface area contributed by atoms with Crippen LogP contribution in [0.2, 0.25) is 0 Å². The van der Waals surface area contributed by atoms with Crippen molar-refractivity contribution in [2.24, 2.45) is 17.2 Å². The minimum Gasteiger partial charge on any atom is -0.330 e. The van der Waals surface area contributed by atoms with Gasteiger partial charge in [0.15, 0.2) is 0 Å². The van der Waals surface area contributed by atoms with E-state index in [0.717, 1.165) is 38.6 Å². The van der Waals surface area contributed by atoms with Crippen LogP contribution in [0.15, 0.2) is 0 Å². The monoisotopic (exact) mass is 216 g/mol. The summed E-state index contributed by atoms with van der Waals surface area (Å²) in [5.74, 6) is 0. The summed E-state index contributed by atoms with van der Waals surface area (Å²) in [6.45, 7) is 4.94. The second-order valence-corrected chi connectivity index (χ2v) is 4.14. The number of unbranched alkanes of at least 4 members (excludes halogenated alkanes) is 1. The first-order valence-electron chi connectivity index (χ1n) is 6.12. The predicted molar refractivity (Wildman–Crippen MR) is 66.4 cm³/mol. The van der Waals surface area contributed by atoms with E-state index in [9.17, 15) is 0 Å². The zero-order valence-corrected chi connectivity index (χ0v) is 10.2. The van der Waals surface area contributed by atoms with Gasteiger partial charge in [0.05, 0.1) is 6.17 Å². The van der Waals surface area contributed by atoms with Gasteiger partial charge in [-0.3, -0.25) is 5.32 Å². The van der Waals surface area contributed by atoms with Gasteiger partial charge in [0, 0.05) is 12.1 Å². The molecule has 4 nitrogen and oxygen atoms in total. The van der Waals surface area contributed by atoms with Crippen LogP contribution in [0, 0.1) is 0 Å². The first kappa shape index (κ1) is 14.8. The third-order valence-electron chi connectivity index (χ3n) is 2.83. The zero-order chi connectivity index (χ0) is 11.7. The van der Waals surface area contributed by atoms with E-state index in [0.29, 0.717) is 6.04 Å². The SMILES string of the molecule is CCC(N)NC(CCCCN)C(N)CC. The van der Waals surface area contributed by atoms with Crippen LogP contribution >= 0.6 is 0 Å². The standard InChI is InChI=1S/C11H28N4/c1-3-9(13)10(7-5-6-8-12)15-11(14)4-2/h9-11,15H,3-8,12-14H2,1-2H3. The number of rotatable bonds is 9. The van der Waals surface area contributed by atoms with Gasteiger partial charge in [-0.15, -0.1) is 0 Å². The lowest BCUT2D eigenvalue weighted by atomic mass is 10.00. The van der Waals surface area contributed by atoms with Gasteiger partial charge in [-0.25, -0.2) is 0 Å². The average Bonchev–Trinajstić information content (AvgIpc) is 2.26. The predicted octanol–water partition coefficient (Wildman–Crippen LogP) is 0.506. The molecule has 0 saturated heterocycles. The molecule has 0 bridgehead atoms. The van der Waals surface area contributed by atoms with Gasteiger partial charge in [-0.1, -0.05) is 20.3 Å². The molecule has 3 atom stereocenters. The first-order chi connectivity index (χ1) is 7.15. The summed E-state index contributed by atoms with van der Waals surface area (Å²) in [6.07, 6.45) is 5.24. The summed E-state index contributed by atoms with van der Waals surface area (Å²) >= 11 is 0. The molecule has 0 aliphatic heterocycles. The van der Waals surface area contributed by atoms with Gasteiger partial charge in [0.1, 0.15) is 0 Å². The quantitative estimate of drug-likeness (QED) is 0.334. The lowest BCUT2D eigenvalue weighted by Gasteiger charge is -2.27. The number of hydrogen-bond acceptors (Lipinski definition) is 4. The number of hydrogen-bond donors (Lipinski definition) is 4. The number of nitrogens with two attached hydrogens (primary N) is 3. The van der Waals surface area contributed by atoms with Crippen LogP contribution in [-0.2, 0) is 0 Å². The fraction of sp³-hybridized carbons (Fsp3) is 1.00. The molecule has 7 N–H and O–H groups in total. The molecule has 0 rings (SSSR count). The fourth-order valence-electron chi connectivity index (χ4n) is 1.61. The molecule has 0 aromatic rings. The van der Waals surface area contributed by atoms with Crippen molar-refractivity contribution in [2.75, 3.05) is 6.54 Å². The molecular weight excluding hydrogens is 188 g/mol.